The first-order valence-electron chi connectivity index (χ1n) is 8.80. The maximum atomic E-state index is 13.3. The van der Waals surface area contributed by atoms with Gasteiger partial charge < -0.3 is 4.90 Å². The number of nitro groups is 1. The van der Waals surface area contributed by atoms with Gasteiger partial charge in [-0.25, -0.2) is 12.8 Å². The van der Waals surface area contributed by atoms with Crippen molar-refractivity contribution in [2.45, 2.75) is 11.9 Å². The summed E-state index contributed by atoms with van der Waals surface area (Å²) in [5.74, 6) is -0.951. The van der Waals surface area contributed by atoms with E-state index < -0.39 is 43.9 Å². The summed E-state index contributed by atoms with van der Waals surface area (Å²) in [6, 6.07) is 7.48. The van der Waals surface area contributed by atoms with E-state index >= 15 is 0 Å². The molecule has 12 heteroatoms. The lowest BCUT2D eigenvalue weighted by molar-refractivity contribution is -0.384. The molecular formula is C18H17F4N3O4S. The van der Waals surface area contributed by atoms with Crippen molar-refractivity contribution < 1.29 is 30.9 Å². The lowest BCUT2D eigenvalue weighted by Crippen LogP contribution is -2.49. The van der Waals surface area contributed by atoms with Gasteiger partial charge in [0.25, 0.3) is 5.69 Å². The van der Waals surface area contributed by atoms with E-state index in [1.165, 1.54) is 27.4 Å². The Balaban J connectivity index is 1.74. The number of rotatable bonds is 5. The number of benzene rings is 2. The number of hydrogen-bond donors (Lipinski definition) is 0. The molecule has 3 rings (SSSR count). The van der Waals surface area contributed by atoms with Gasteiger partial charge in [0, 0.05) is 32.2 Å². The zero-order chi connectivity index (χ0) is 22.1. The van der Waals surface area contributed by atoms with Crippen molar-refractivity contribution >= 4 is 21.4 Å². The molecule has 0 radical (unpaired) electrons. The molecule has 1 fully saturated rings. The van der Waals surface area contributed by atoms with Crippen molar-refractivity contribution in [2.75, 3.05) is 31.1 Å². The maximum absolute atomic E-state index is 13.3. The number of nitro benzene ring substituents is 1. The minimum atomic E-state index is -4.72. The Morgan fingerprint density at radius 3 is 2.27 bits per heavy atom. The van der Waals surface area contributed by atoms with Gasteiger partial charge in [0.15, 0.2) is 0 Å². The number of anilines is 1. The van der Waals surface area contributed by atoms with E-state index in [1.54, 1.807) is 0 Å². The summed E-state index contributed by atoms with van der Waals surface area (Å²) in [4.78, 5) is 11.9. The minimum Gasteiger partial charge on any atom is -0.363 e. The number of hydrogen-bond acceptors (Lipinski definition) is 5. The van der Waals surface area contributed by atoms with Crippen LogP contribution in [-0.2, 0) is 22.0 Å². The smallest absolute Gasteiger partial charge is 0.363 e. The number of sulfonamides is 1. The first-order valence-corrected chi connectivity index (χ1v) is 10.4. The van der Waals surface area contributed by atoms with E-state index in [2.05, 4.69) is 0 Å². The number of nitrogens with zero attached hydrogens (tertiary/aromatic N) is 3. The molecule has 1 aliphatic heterocycles. The van der Waals surface area contributed by atoms with Gasteiger partial charge in [-0.1, -0.05) is 12.1 Å². The van der Waals surface area contributed by atoms with Crippen molar-refractivity contribution in [3.05, 3.63) is 69.5 Å². The Morgan fingerprint density at radius 1 is 1.03 bits per heavy atom. The predicted molar refractivity (Wildman–Crippen MR) is 101 cm³/mol. The van der Waals surface area contributed by atoms with Crippen LogP contribution in [0.1, 0.15) is 11.1 Å². The fraction of sp³-hybridized carbons (Fsp3) is 0.333. The molecule has 0 saturated carbocycles. The van der Waals surface area contributed by atoms with Crippen LogP contribution in [0.3, 0.4) is 0 Å². The topological polar surface area (TPSA) is 83.8 Å². The van der Waals surface area contributed by atoms with Gasteiger partial charge in [0.2, 0.25) is 10.0 Å². The van der Waals surface area contributed by atoms with Crippen LogP contribution < -0.4 is 4.90 Å². The van der Waals surface area contributed by atoms with Crippen LogP contribution in [-0.4, -0.2) is 43.8 Å². The van der Waals surface area contributed by atoms with Gasteiger partial charge in [-0.3, -0.25) is 10.1 Å². The lowest BCUT2D eigenvalue weighted by atomic mass is 10.1. The van der Waals surface area contributed by atoms with E-state index in [-0.39, 0.29) is 37.4 Å². The van der Waals surface area contributed by atoms with Crippen LogP contribution in [0.15, 0.2) is 42.5 Å². The molecule has 1 heterocycles. The average Bonchev–Trinajstić information content (AvgIpc) is 2.66. The Labute approximate surface area is 169 Å². The monoisotopic (exact) mass is 447 g/mol. The predicted octanol–water partition coefficient (Wildman–Crippen LogP) is 3.40. The largest absolute Gasteiger partial charge is 0.416 e. The van der Waals surface area contributed by atoms with Crippen molar-refractivity contribution in [1.29, 1.82) is 0 Å². The van der Waals surface area contributed by atoms with Crippen LogP contribution in [0.2, 0.25) is 0 Å². The molecule has 0 unspecified atom stereocenters. The Morgan fingerprint density at radius 2 is 1.70 bits per heavy atom. The highest BCUT2D eigenvalue weighted by Crippen LogP contribution is 2.36. The first-order chi connectivity index (χ1) is 14.0. The fourth-order valence-corrected chi connectivity index (χ4v) is 4.75. The highest BCUT2D eigenvalue weighted by atomic mass is 32.2. The Hall–Kier alpha value is -2.73. The van der Waals surface area contributed by atoms with Gasteiger partial charge in [0.05, 0.1) is 16.2 Å². The van der Waals surface area contributed by atoms with Crippen LogP contribution in [0, 0.1) is 15.9 Å². The van der Waals surface area contributed by atoms with Crippen molar-refractivity contribution in [3.63, 3.8) is 0 Å². The highest BCUT2D eigenvalue weighted by molar-refractivity contribution is 7.88. The quantitative estimate of drug-likeness (QED) is 0.399. The summed E-state index contributed by atoms with van der Waals surface area (Å²) in [6.45, 7) is 0.120. The van der Waals surface area contributed by atoms with Gasteiger partial charge in [-0.2, -0.15) is 17.5 Å². The van der Waals surface area contributed by atoms with E-state index in [9.17, 15) is 36.1 Å². The summed E-state index contributed by atoms with van der Waals surface area (Å²) >= 11 is 0. The summed E-state index contributed by atoms with van der Waals surface area (Å²) in [6.07, 6.45) is -4.72. The molecule has 7 nitrogen and oxygen atoms in total. The van der Waals surface area contributed by atoms with Gasteiger partial charge in [0.1, 0.15) is 11.5 Å². The van der Waals surface area contributed by atoms with Gasteiger partial charge >= 0.3 is 6.18 Å². The average molecular weight is 447 g/mol. The molecule has 0 aliphatic carbocycles. The van der Waals surface area contributed by atoms with Crippen molar-refractivity contribution in [1.82, 2.24) is 4.31 Å². The molecule has 0 aromatic heterocycles. The molecule has 1 saturated heterocycles. The van der Waals surface area contributed by atoms with Crippen LogP contribution >= 0.6 is 0 Å². The SMILES string of the molecule is O=[N+]([O-])c1cc(C(F)(F)F)ccc1N1CCN(S(=O)(=O)Cc2cccc(F)c2)CC1. The van der Waals surface area contributed by atoms with Gasteiger partial charge in [-0.15, -0.1) is 0 Å². The van der Waals surface area contributed by atoms with E-state index in [0.29, 0.717) is 6.07 Å². The highest BCUT2D eigenvalue weighted by Gasteiger charge is 2.35. The molecule has 2 aromatic carbocycles. The zero-order valence-corrected chi connectivity index (χ0v) is 16.3. The third kappa shape index (κ3) is 4.87. The Kier molecular flexibility index (Phi) is 5.99. The minimum absolute atomic E-state index is 0.00414. The maximum Gasteiger partial charge on any atom is 0.416 e. The van der Waals surface area contributed by atoms with E-state index in [1.807, 2.05) is 0 Å². The normalized spacial score (nSPS) is 15.9. The number of piperazine rings is 1. The summed E-state index contributed by atoms with van der Waals surface area (Å²) in [5, 5.41) is 11.3. The van der Waals surface area contributed by atoms with Gasteiger partial charge in [-0.05, 0) is 29.8 Å². The standard InChI is InChI=1S/C18H17F4N3O4S/c19-15-3-1-2-13(10-15)12-30(28,29)24-8-6-23(7-9-24)16-5-4-14(18(20,21)22)11-17(16)25(26)27/h1-5,10-11H,6-9,12H2. The second-order valence-corrected chi connectivity index (χ2v) is 8.70. The fourth-order valence-electron chi connectivity index (χ4n) is 3.25. The molecular weight excluding hydrogens is 430 g/mol. The molecule has 162 valence electrons. The van der Waals surface area contributed by atoms with Crippen molar-refractivity contribution in [2.24, 2.45) is 0 Å². The molecule has 0 N–H and O–H groups in total. The molecule has 0 spiro atoms. The number of alkyl halides is 3. The summed E-state index contributed by atoms with van der Waals surface area (Å²) in [7, 11) is -3.75. The van der Waals surface area contributed by atoms with Crippen molar-refractivity contribution in [3.8, 4) is 0 Å². The second kappa shape index (κ2) is 8.19. The van der Waals surface area contributed by atoms with Crippen LogP contribution in [0.4, 0.5) is 28.9 Å². The Bertz CT molecular complexity index is 1050. The summed E-state index contributed by atoms with van der Waals surface area (Å²) in [5.41, 5.74) is -1.54. The number of halogens is 4. The molecule has 1 aliphatic rings. The molecule has 2 aromatic rings. The lowest BCUT2D eigenvalue weighted by Gasteiger charge is -2.35. The third-order valence-corrected chi connectivity index (χ3v) is 6.56. The zero-order valence-electron chi connectivity index (χ0n) is 15.5. The van der Waals surface area contributed by atoms with E-state index in [4.69, 9.17) is 0 Å². The third-order valence-electron chi connectivity index (χ3n) is 4.71. The molecule has 0 amide bonds. The molecule has 0 atom stereocenters. The van der Waals surface area contributed by atoms with Crippen LogP contribution in [0.25, 0.3) is 0 Å². The van der Waals surface area contributed by atoms with E-state index in [0.717, 1.165) is 18.2 Å². The second-order valence-electron chi connectivity index (χ2n) is 6.73. The summed E-state index contributed by atoms with van der Waals surface area (Å²) < 4.78 is 78.2. The van der Waals surface area contributed by atoms with Crippen LogP contribution in [0.5, 0.6) is 0 Å². The first kappa shape index (κ1) is 22.0. The molecule has 30 heavy (non-hydrogen) atoms. The molecule has 0 bridgehead atoms.